The summed E-state index contributed by atoms with van der Waals surface area (Å²) < 4.78 is 8.03. The summed E-state index contributed by atoms with van der Waals surface area (Å²) in [7, 11) is 0. The maximum atomic E-state index is 10.1. The highest BCUT2D eigenvalue weighted by molar-refractivity contribution is 6.99. The van der Waals surface area contributed by atoms with E-state index in [2.05, 4.69) is 8.75 Å². The molecule has 3 nitrogen and oxygen atoms in total. The number of aromatic nitrogens is 2. The van der Waals surface area contributed by atoms with Crippen LogP contribution in [0, 0.1) is 5.92 Å². The first-order valence-electron chi connectivity index (χ1n) is 5.33. The highest BCUT2D eigenvalue weighted by atomic mass is 32.1. The van der Waals surface area contributed by atoms with Crippen LogP contribution in [-0.2, 0) is 0 Å². The quantitative estimate of drug-likeness (QED) is 0.766. The zero-order valence-electron chi connectivity index (χ0n) is 8.22. The second kappa shape index (κ2) is 4.84. The van der Waals surface area contributed by atoms with Crippen LogP contribution < -0.4 is 0 Å². The van der Waals surface area contributed by atoms with Gasteiger partial charge in [0.2, 0.25) is 0 Å². The Morgan fingerprint density at radius 1 is 1.29 bits per heavy atom. The summed E-state index contributed by atoms with van der Waals surface area (Å²) in [4.78, 5) is 0. The van der Waals surface area contributed by atoms with Gasteiger partial charge in [-0.25, -0.2) is 0 Å². The van der Waals surface area contributed by atoms with E-state index >= 15 is 0 Å². The molecule has 1 heterocycles. The van der Waals surface area contributed by atoms with Crippen molar-refractivity contribution in [2.75, 3.05) is 0 Å². The van der Waals surface area contributed by atoms with E-state index in [1.54, 1.807) is 6.20 Å². The van der Waals surface area contributed by atoms with Crippen molar-refractivity contribution in [2.24, 2.45) is 5.92 Å². The first-order chi connectivity index (χ1) is 6.88. The number of aliphatic hydroxyl groups excluding tert-OH is 1. The Balaban J connectivity index is 1.99. The molecule has 0 radical (unpaired) electrons. The Hall–Kier alpha value is -0.480. The van der Waals surface area contributed by atoms with Crippen LogP contribution in [0.2, 0.25) is 0 Å². The van der Waals surface area contributed by atoms with E-state index in [1.807, 2.05) is 0 Å². The Kier molecular flexibility index (Phi) is 3.48. The highest BCUT2D eigenvalue weighted by Crippen LogP contribution is 2.32. The van der Waals surface area contributed by atoms with Crippen LogP contribution in [-0.4, -0.2) is 13.9 Å². The molecule has 4 heteroatoms. The number of hydrogen-bond donors (Lipinski definition) is 1. The number of aliphatic hydroxyl groups is 1. The molecule has 1 unspecified atom stereocenters. The molecule has 1 aliphatic carbocycles. The van der Waals surface area contributed by atoms with Crippen LogP contribution in [0.4, 0.5) is 0 Å². The molecule has 14 heavy (non-hydrogen) atoms. The van der Waals surface area contributed by atoms with Gasteiger partial charge in [-0.3, -0.25) is 0 Å². The van der Waals surface area contributed by atoms with Crippen LogP contribution >= 0.6 is 11.7 Å². The van der Waals surface area contributed by atoms with Gasteiger partial charge in [-0.05, 0) is 18.8 Å². The van der Waals surface area contributed by atoms with Gasteiger partial charge in [-0.15, -0.1) is 0 Å². The fraction of sp³-hybridized carbons (Fsp3) is 0.800. The fourth-order valence-electron chi connectivity index (χ4n) is 2.17. The molecule has 0 aliphatic heterocycles. The Morgan fingerprint density at radius 2 is 2.00 bits per heavy atom. The monoisotopic (exact) mass is 212 g/mol. The molecule has 1 aromatic heterocycles. The molecule has 78 valence electrons. The summed E-state index contributed by atoms with van der Waals surface area (Å²) in [6, 6.07) is 0. The molecule has 0 saturated heterocycles. The van der Waals surface area contributed by atoms with Crippen LogP contribution in [0.1, 0.15) is 50.3 Å². The number of nitrogens with zero attached hydrogens (tertiary/aromatic N) is 2. The van der Waals surface area contributed by atoms with E-state index in [1.165, 1.54) is 37.4 Å². The Morgan fingerprint density at radius 3 is 2.57 bits per heavy atom. The van der Waals surface area contributed by atoms with E-state index in [0.29, 0.717) is 5.92 Å². The second-order valence-electron chi connectivity index (χ2n) is 4.03. The van der Waals surface area contributed by atoms with E-state index in [0.717, 1.165) is 18.5 Å². The van der Waals surface area contributed by atoms with Gasteiger partial charge in [0, 0.05) is 0 Å². The van der Waals surface area contributed by atoms with Crippen molar-refractivity contribution in [1.82, 2.24) is 8.75 Å². The van der Waals surface area contributed by atoms with Gasteiger partial charge in [0.25, 0.3) is 0 Å². The summed E-state index contributed by atoms with van der Waals surface area (Å²) in [5.74, 6) is 0.404. The first-order valence-corrected chi connectivity index (χ1v) is 6.06. The maximum absolute atomic E-state index is 10.1. The lowest BCUT2D eigenvalue weighted by Gasteiger charge is -2.18. The Labute approximate surface area is 88.5 Å². The molecule has 0 amide bonds. The predicted molar refractivity (Wildman–Crippen MR) is 56.1 cm³/mol. The predicted octanol–water partition coefficient (Wildman–Crippen LogP) is 2.54. The lowest BCUT2D eigenvalue weighted by molar-refractivity contribution is 0.0955. The van der Waals surface area contributed by atoms with E-state index in [4.69, 9.17) is 0 Å². The molecule has 1 atom stereocenters. The smallest absolute Gasteiger partial charge is 0.103 e. The maximum Gasteiger partial charge on any atom is 0.103 e. The largest absolute Gasteiger partial charge is 0.386 e. The van der Waals surface area contributed by atoms with Crippen molar-refractivity contribution >= 4 is 11.7 Å². The molecular weight excluding hydrogens is 196 g/mol. The average Bonchev–Trinajstić information content (AvgIpc) is 2.59. The summed E-state index contributed by atoms with van der Waals surface area (Å²) in [6.45, 7) is 0. The van der Waals surface area contributed by atoms with E-state index < -0.39 is 0 Å². The molecular formula is C10H16N2OS. The van der Waals surface area contributed by atoms with E-state index in [9.17, 15) is 5.11 Å². The highest BCUT2D eigenvalue weighted by Gasteiger charge is 2.23. The van der Waals surface area contributed by atoms with Crippen molar-refractivity contribution in [3.63, 3.8) is 0 Å². The Bertz CT molecular complexity index is 255. The fourth-order valence-corrected chi connectivity index (χ4v) is 2.62. The van der Waals surface area contributed by atoms with Gasteiger partial charge in [-0.1, -0.05) is 25.7 Å². The van der Waals surface area contributed by atoms with E-state index in [-0.39, 0.29) is 6.10 Å². The summed E-state index contributed by atoms with van der Waals surface area (Å²) >= 11 is 1.18. The molecule has 0 spiro atoms. The minimum absolute atomic E-state index is 0.383. The number of hydrogen-bond acceptors (Lipinski definition) is 4. The average molecular weight is 212 g/mol. The minimum Gasteiger partial charge on any atom is -0.386 e. The van der Waals surface area contributed by atoms with Crippen molar-refractivity contribution in [3.8, 4) is 0 Å². The van der Waals surface area contributed by atoms with Crippen molar-refractivity contribution in [3.05, 3.63) is 11.9 Å². The third-order valence-corrected chi connectivity index (χ3v) is 3.52. The van der Waals surface area contributed by atoms with Gasteiger partial charge >= 0.3 is 0 Å². The normalized spacial score (nSPS) is 21.8. The van der Waals surface area contributed by atoms with Gasteiger partial charge in [0.1, 0.15) is 11.8 Å². The first kappa shape index (κ1) is 10.1. The van der Waals surface area contributed by atoms with Crippen LogP contribution in [0.15, 0.2) is 6.20 Å². The zero-order chi connectivity index (χ0) is 9.80. The molecule has 1 aromatic rings. The topological polar surface area (TPSA) is 46.0 Å². The lowest BCUT2D eigenvalue weighted by atomic mass is 9.92. The molecule has 1 N–H and O–H groups in total. The SMILES string of the molecule is OC(c1cnsn1)C1CCCCCC1. The van der Waals surface area contributed by atoms with Crippen LogP contribution in [0.5, 0.6) is 0 Å². The van der Waals surface area contributed by atoms with Crippen molar-refractivity contribution in [2.45, 2.75) is 44.6 Å². The summed E-state index contributed by atoms with van der Waals surface area (Å²) in [5.41, 5.74) is 0.766. The third kappa shape index (κ3) is 2.30. The molecule has 1 aliphatic rings. The van der Waals surface area contributed by atoms with Gasteiger partial charge in [-0.2, -0.15) is 8.75 Å². The molecule has 0 bridgehead atoms. The second-order valence-corrected chi connectivity index (χ2v) is 4.59. The minimum atomic E-state index is -0.383. The molecule has 1 saturated carbocycles. The lowest BCUT2D eigenvalue weighted by Crippen LogP contribution is -2.12. The molecule has 1 fully saturated rings. The van der Waals surface area contributed by atoms with Crippen LogP contribution in [0.25, 0.3) is 0 Å². The van der Waals surface area contributed by atoms with Gasteiger partial charge < -0.3 is 5.11 Å². The van der Waals surface area contributed by atoms with Crippen molar-refractivity contribution in [1.29, 1.82) is 0 Å². The number of rotatable bonds is 2. The molecule has 0 aromatic carbocycles. The summed E-state index contributed by atoms with van der Waals surface area (Å²) in [5, 5.41) is 10.1. The van der Waals surface area contributed by atoms with Crippen LogP contribution in [0.3, 0.4) is 0 Å². The van der Waals surface area contributed by atoms with Gasteiger partial charge in [0.05, 0.1) is 17.9 Å². The zero-order valence-corrected chi connectivity index (χ0v) is 9.04. The summed E-state index contributed by atoms with van der Waals surface area (Å²) in [6.07, 6.45) is 8.72. The van der Waals surface area contributed by atoms with Crippen molar-refractivity contribution < 1.29 is 5.11 Å². The third-order valence-electron chi connectivity index (χ3n) is 3.03. The molecule has 2 rings (SSSR count). The standard InChI is InChI=1S/C10H16N2OS/c13-10(9-7-11-14-12-9)8-5-3-1-2-4-6-8/h7-8,10,13H,1-6H2. The van der Waals surface area contributed by atoms with Gasteiger partial charge in [0.15, 0.2) is 0 Å².